The highest BCUT2D eigenvalue weighted by Crippen LogP contribution is 2.60. The summed E-state index contributed by atoms with van der Waals surface area (Å²) < 4.78 is 4.84. The Kier molecular flexibility index (Phi) is 6.76. The molecule has 2 aromatic heterocycles. The lowest BCUT2D eigenvalue weighted by molar-refractivity contribution is 0.754. The van der Waals surface area contributed by atoms with Gasteiger partial charge in [-0.25, -0.2) is 0 Å². The van der Waals surface area contributed by atoms with Gasteiger partial charge in [0.05, 0.1) is 27.5 Å². The van der Waals surface area contributed by atoms with E-state index in [-0.39, 0.29) is 0 Å². The molecule has 0 unspecified atom stereocenters. The van der Waals surface area contributed by atoms with E-state index in [4.69, 9.17) is 0 Å². The average Bonchev–Trinajstić information content (AvgIpc) is 3.87. The molecular formula is C53H40N2. The summed E-state index contributed by atoms with van der Waals surface area (Å²) in [5, 5.41) is 5.10. The van der Waals surface area contributed by atoms with Crippen LogP contribution < -0.4 is 0 Å². The zero-order valence-corrected chi connectivity index (χ0v) is 31.6. The molecular weight excluding hydrogens is 665 g/mol. The van der Waals surface area contributed by atoms with Crippen LogP contribution in [0.3, 0.4) is 0 Å². The van der Waals surface area contributed by atoms with Crippen molar-refractivity contribution in [2.24, 2.45) is 0 Å². The molecule has 10 aromatic rings. The summed E-state index contributed by atoms with van der Waals surface area (Å²) in [7, 11) is 0. The van der Waals surface area contributed by atoms with Crippen LogP contribution in [0, 0.1) is 27.7 Å². The summed E-state index contributed by atoms with van der Waals surface area (Å²) >= 11 is 0. The Bertz CT molecular complexity index is 2850. The van der Waals surface area contributed by atoms with E-state index >= 15 is 0 Å². The SMILES string of the molecule is Cc1ccc(C)c2c1-c1c(C)ccc(C)c1C2(c1ccc(-n2c3ccccc3c3ccccc32)cc1)c1ccc(-n2c3ccccc3c3ccccc32)cc1. The van der Waals surface area contributed by atoms with Crippen molar-refractivity contribution in [1.29, 1.82) is 0 Å². The maximum atomic E-state index is 2.42. The minimum atomic E-state index is -0.518. The molecule has 262 valence electrons. The van der Waals surface area contributed by atoms with E-state index < -0.39 is 5.41 Å². The van der Waals surface area contributed by atoms with Gasteiger partial charge in [0.1, 0.15) is 0 Å². The predicted octanol–water partition coefficient (Wildman–Crippen LogP) is 13.5. The molecule has 11 rings (SSSR count). The zero-order chi connectivity index (χ0) is 37.0. The molecule has 8 aromatic carbocycles. The summed E-state index contributed by atoms with van der Waals surface area (Å²) in [6, 6.07) is 63.3. The van der Waals surface area contributed by atoms with Crippen LogP contribution in [-0.2, 0) is 5.41 Å². The van der Waals surface area contributed by atoms with Crippen molar-refractivity contribution in [3.05, 3.63) is 214 Å². The first-order chi connectivity index (χ1) is 27.0. The van der Waals surface area contributed by atoms with Crippen LogP contribution in [0.25, 0.3) is 66.1 Å². The Balaban J connectivity index is 1.19. The fourth-order valence-corrected chi connectivity index (χ4v) is 10.2. The van der Waals surface area contributed by atoms with Crippen molar-refractivity contribution in [3.63, 3.8) is 0 Å². The number of aromatic nitrogens is 2. The zero-order valence-electron chi connectivity index (χ0n) is 31.6. The number of rotatable bonds is 4. The fraction of sp³-hybridized carbons (Fsp3) is 0.0943. The molecule has 0 amide bonds. The third kappa shape index (κ3) is 4.25. The second-order valence-electron chi connectivity index (χ2n) is 15.5. The van der Waals surface area contributed by atoms with Crippen LogP contribution in [0.4, 0.5) is 0 Å². The van der Waals surface area contributed by atoms with Crippen molar-refractivity contribution in [3.8, 4) is 22.5 Å². The maximum Gasteiger partial charge on any atom is 0.0718 e. The lowest BCUT2D eigenvalue weighted by Crippen LogP contribution is -2.30. The Morgan fingerprint density at radius 3 is 0.927 bits per heavy atom. The topological polar surface area (TPSA) is 9.86 Å². The van der Waals surface area contributed by atoms with Gasteiger partial charge in [0.2, 0.25) is 0 Å². The standard InChI is InChI=1S/C53H40N2/c1-33-21-23-35(3)51-49(33)50-34(2)22-24-36(4)52(50)53(51,37-25-29-39(30-26-37)54-45-17-9-5-13-41(45)42-14-6-10-18-46(42)54)38-27-31-40(32-28-38)55-47-19-11-7-15-43(47)44-16-8-12-20-48(44)55/h5-32H,1-4H3. The van der Waals surface area contributed by atoms with Gasteiger partial charge < -0.3 is 9.13 Å². The Morgan fingerprint density at radius 1 is 0.309 bits per heavy atom. The molecule has 0 N–H and O–H groups in total. The molecule has 0 fully saturated rings. The van der Waals surface area contributed by atoms with Crippen LogP contribution >= 0.6 is 0 Å². The van der Waals surface area contributed by atoms with Gasteiger partial charge in [0.15, 0.2) is 0 Å². The van der Waals surface area contributed by atoms with Crippen molar-refractivity contribution in [1.82, 2.24) is 9.13 Å². The van der Waals surface area contributed by atoms with Crippen LogP contribution in [0.2, 0.25) is 0 Å². The number of aryl methyl sites for hydroxylation is 4. The number of nitrogens with zero attached hydrogens (tertiary/aromatic N) is 2. The first kappa shape index (κ1) is 31.8. The second-order valence-corrected chi connectivity index (χ2v) is 15.5. The van der Waals surface area contributed by atoms with Gasteiger partial charge in [0, 0.05) is 32.9 Å². The molecule has 0 saturated carbocycles. The highest BCUT2D eigenvalue weighted by Gasteiger charge is 2.49. The molecule has 0 aliphatic heterocycles. The summed E-state index contributed by atoms with van der Waals surface area (Å²) in [6.45, 7) is 9.19. The normalized spacial score (nSPS) is 13.2. The monoisotopic (exact) mass is 704 g/mol. The highest BCUT2D eigenvalue weighted by atomic mass is 15.0. The highest BCUT2D eigenvalue weighted by molar-refractivity contribution is 6.10. The van der Waals surface area contributed by atoms with Gasteiger partial charge in [-0.05, 0) is 132 Å². The summed E-state index contributed by atoms with van der Waals surface area (Å²) in [5.41, 5.74) is 20.1. The van der Waals surface area contributed by atoms with Crippen molar-refractivity contribution in [2.75, 3.05) is 0 Å². The molecule has 2 heteroatoms. The Hall–Kier alpha value is -6.64. The molecule has 2 nitrogen and oxygen atoms in total. The summed E-state index contributed by atoms with van der Waals surface area (Å²) in [6.07, 6.45) is 0. The van der Waals surface area contributed by atoms with E-state index in [1.807, 2.05) is 0 Å². The molecule has 0 radical (unpaired) electrons. The lowest BCUT2D eigenvalue weighted by Gasteiger charge is -2.36. The number of benzene rings is 8. The van der Waals surface area contributed by atoms with E-state index in [2.05, 4.69) is 207 Å². The number of fused-ring (bicyclic) bond motifs is 9. The molecule has 1 aliphatic rings. The number of hydrogen-bond donors (Lipinski definition) is 0. The molecule has 2 heterocycles. The van der Waals surface area contributed by atoms with E-state index in [0.29, 0.717) is 0 Å². The minimum absolute atomic E-state index is 0.518. The van der Waals surface area contributed by atoms with Gasteiger partial charge in [-0.15, -0.1) is 0 Å². The van der Waals surface area contributed by atoms with Crippen LogP contribution in [-0.4, -0.2) is 9.13 Å². The Morgan fingerprint density at radius 2 is 0.600 bits per heavy atom. The van der Waals surface area contributed by atoms with Crippen molar-refractivity contribution in [2.45, 2.75) is 33.1 Å². The fourth-order valence-electron chi connectivity index (χ4n) is 10.2. The smallest absolute Gasteiger partial charge is 0.0718 e. The summed E-state index contributed by atoms with van der Waals surface area (Å²) in [4.78, 5) is 0. The molecule has 0 bridgehead atoms. The largest absolute Gasteiger partial charge is 0.309 e. The molecule has 0 atom stereocenters. The van der Waals surface area contributed by atoms with Crippen LogP contribution in [0.1, 0.15) is 44.5 Å². The molecule has 55 heavy (non-hydrogen) atoms. The molecule has 1 aliphatic carbocycles. The Labute approximate surface area is 321 Å². The maximum absolute atomic E-state index is 2.42. The van der Waals surface area contributed by atoms with Crippen LogP contribution in [0.15, 0.2) is 170 Å². The predicted molar refractivity (Wildman–Crippen MR) is 231 cm³/mol. The first-order valence-electron chi connectivity index (χ1n) is 19.4. The summed E-state index contributed by atoms with van der Waals surface area (Å²) in [5.74, 6) is 0. The average molecular weight is 705 g/mol. The van der Waals surface area contributed by atoms with Crippen molar-refractivity contribution >= 4 is 43.6 Å². The van der Waals surface area contributed by atoms with Gasteiger partial charge >= 0.3 is 0 Å². The van der Waals surface area contributed by atoms with E-state index in [9.17, 15) is 0 Å². The number of hydrogen-bond acceptors (Lipinski definition) is 0. The van der Waals surface area contributed by atoms with Crippen LogP contribution in [0.5, 0.6) is 0 Å². The van der Waals surface area contributed by atoms with Crippen molar-refractivity contribution < 1.29 is 0 Å². The first-order valence-corrected chi connectivity index (χ1v) is 19.4. The minimum Gasteiger partial charge on any atom is -0.309 e. The number of para-hydroxylation sites is 4. The second kappa shape index (κ2) is 11.7. The quantitative estimate of drug-likeness (QED) is 0.173. The van der Waals surface area contributed by atoms with E-state index in [1.165, 1.54) is 111 Å². The van der Waals surface area contributed by atoms with E-state index in [0.717, 1.165) is 0 Å². The van der Waals surface area contributed by atoms with Gasteiger partial charge in [-0.2, -0.15) is 0 Å². The third-order valence-corrected chi connectivity index (χ3v) is 12.5. The molecule has 0 saturated heterocycles. The van der Waals surface area contributed by atoms with Gasteiger partial charge in [-0.1, -0.05) is 121 Å². The van der Waals surface area contributed by atoms with Gasteiger partial charge in [-0.3, -0.25) is 0 Å². The van der Waals surface area contributed by atoms with E-state index in [1.54, 1.807) is 0 Å². The lowest BCUT2D eigenvalue weighted by atomic mass is 9.65. The molecule has 0 spiro atoms. The van der Waals surface area contributed by atoms with Gasteiger partial charge in [0.25, 0.3) is 0 Å². The third-order valence-electron chi connectivity index (χ3n) is 12.5.